The van der Waals surface area contributed by atoms with E-state index >= 15 is 0 Å². The van der Waals surface area contributed by atoms with Crippen molar-refractivity contribution in [1.29, 1.82) is 0 Å². The van der Waals surface area contributed by atoms with Crippen molar-refractivity contribution in [2.45, 2.75) is 44.7 Å². The second kappa shape index (κ2) is 5.94. The van der Waals surface area contributed by atoms with Gasteiger partial charge in [-0.1, -0.05) is 25.0 Å². The van der Waals surface area contributed by atoms with Crippen LogP contribution in [-0.4, -0.2) is 22.6 Å². The number of carboxylic acids is 1. The van der Waals surface area contributed by atoms with E-state index in [0.29, 0.717) is 6.54 Å². The third kappa shape index (κ3) is 3.73. The van der Waals surface area contributed by atoms with Crippen molar-refractivity contribution in [1.82, 2.24) is 10.6 Å². The highest BCUT2D eigenvalue weighted by molar-refractivity contribution is 5.87. The van der Waals surface area contributed by atoms with Crippen LogP contribution in [0.3, 0.4) is 0 Å². The first-order chi connectivity index (χ1) is 9.48. The van der Waals surface area contributed by atoms with Crippen molar-refractivity contribution in [2.75, 3.05) is 0 Å². The van der Waals surface area contributed by atoms with Crippen LogP contribution < -0.4 is 10.6 Å². The highest BCUT2D eigenvalue weighted by Crippen LogP contribution is 2.28. The lowest BCUT2D eigenvalue weighted by atomic mass is 10.0. The molecular formula is C15H20N2O3. The summed E-state index contributed by atoms with van der Waals surface area (Å²) in [5, 5.41) is 14.6. The molecule has 2 rings (SSSR count). The minimum absolute atomic E-state index is 0.0861. The molecule has 0 heterocycles. The zero-order valence-corrected chi connectivity index (χ0v) is 11.6. The maximum Gasteiger partial charge on any atom is 0.335 e. The molecule has 0 unspecified atom stereocenters. The molecule has 3 N–H and O–H groups in total. The fourth-order valence-corrected chi connectivity index (χ4v) is 2.55. The number of carbonyl (C=O) groups excluding carboxylic acids is 1. The van der Waals surface area contributed by atoms with Crippen LogP contribution >= 0.6 is 0 Å². The van der Waals surface area contributed by atoms with Crippen LogP contribution in [0.25, 0.3) is 0 Å². The Hall–Kier alpha value is -2.04. The maximum atomic E-state index is 11.8. The first-order valence-corrected chi connectivity index (χ1v) is 6.87. The van der Waals surface area contributed by atoms with E-state index in [1.54, 1.807) is 12.1 Å². The molecule has 1 saturated carbocycles. The van der Waals surface area contributed by atoms with Gasteiger partial charge >= 0.3 is 12.0 Å². The van der Waals surface area contributed by atoms with Crippen molar-refractivity contribution >= 4 is 12.0 Å². The molecule has 1 aromatic rings. The van der Waals surface area contributed by atoms with Gasteiger partial charge in [0.2, 0.25) is 0 Å². The van der Waals surface area contributed by atoms with Crippen molar-refractivity contribution in [3.8, 4) is 0 Å². The van der Waals surface area contributed by atoms with Crippen LogP contribution in [0.15, 0.2) is 24.3 Å². The Labute approximate surface area is 118 Å². The van der Waals surface area contributed by atoms with E-state index in [-0.39, 0.29) is 17.1 Å². The summed E-state index contributed by atoms with van der Waals surface area (Å²) in [4.78, 5) is 22.6. The van der Waals surface area contributed by atoms with E-state index in [9.17, 15) is 9.59 Å². The van der Waals surface area contributed by atoms with E-state index in [1.165, 1.54) is 12.1 Å². The topological polar surface area (TPSA) is 78.4 Å². The molecule has 1 aliphatic carbocycles. The highest BCUT2D eigenvalue weighted by Gasteiger charge is 2.29. The molecule has 0 radical (unpaired) electrons. The largest absolute Gasteiger partial charge is 0.478 e. The molecule has 0 aliphatic heterocycles. The van der Waals surface area contributed by atoms with Gasteiger partial charge in [0.15, 0.2) is 0 Å². The molecule has 20 heavy (non-hydrogen) atoms. The normalized spacial score (nSPS) is 16.6. The van der Waals surface area contributed by atoms with Gasteiger partial charge in [-0.25, -0.2) is 9.59 Å². The van der Waals surface area contributed by atoms with Crippen molar-refractivity contribution in [3.05, 3.63) is 35.4 Å². The van der Waals surface area contributed by atoms with Gasteiger partial charge in [-0.15, -0.1) is 0 Å². The van der Waals surface area contributed by atoms with Crippen LogP contribution in [0.2, 0.25) is 0 Å². The summed E-state index contributed by atoms with van der Waals surface area (Å²) in [6.45, 7) is 2.46. The van der Waals surface area contributed by atoms with Crippen LogP contribution in [0.4, 0.5) is 4.79 Å². The lowest BCUT2D eigenvalue weighted by molar-refractivity contribution is 0.0697. The minimum Gasteiger partial charge on any atom is -0.478 e. The molecule has 5 nitrogen and oxygen atoms in total. The first-order valence-electron chi connectivity index (χ1n) is 6.87. The first kappa shape index (κ1) is 14.4. The predicted octanol–water partition coefficient (Wildman–Crippen LogP) is 2.52. The highest BCUT2D eigenvalue weighted by atomic mass is 16.4. The Balaban J connectivity index is 1.82. The number of benzene rings is 1. The average Bonchev–Trinajstić information content (AvgIpc) is 2.83. The maximum absolute atomic E-state index is 11.8. The van der Waals surface area contributed by atoms with Gasteiger partial charge in [0.25, 0.3) is 0 Å². The van der Waals surface area contributed by atoms with Crippen LogP contribution in [0.5, 0.6) is 0 Å². The molecule has 1 aliphatic rings. The molecular weight excluding hydrogens is 256 g/mol. The number of hydrogen-bond acceptors (Lipinski definition) is 2. The zero-order valence-electron chi connectivity index (χ0n) is 11.6. The summed E-state index contributed by atoms with van der Waals surface area (Å²) in [7, 11) is 0. The molecule has 0 atom stereocenters. The monoisotopic (exact) mass is 276 g/mol. The summed E-state index contributed by atoms with van der Waals surface area (Å²) in [5.74, 6) is -0.948. The quantitative estimate of drug-likeness (QED) is 0.790. The van der Waals surface area contributed by atoms with Crippen molar-refractivity contribution < 1.29 is 14.7 Å². The number of amides is 2. The summed E-state index contributed by atoms with van der Waals surface area (Å²) >= 11 is 0. The average molecular weight is 276 g/mol. The predicted molar refractivity (Wildman–Crippen MR) is 75.6 cm³/mol. The van der Waals surface area contributed by atoms with Crippen molar-refractivity contribution in [3.63, 3.8) is 0 Å². The second-order valence-corrected chi connectivity index (χ2v) is 5.58. The summed E-state index contributed by atoms with van der Waals surface area (Å²) in [6, 6.07) is 6.32. The number of carbonyl (C=O) groups is 2. The third-order valence-corrected chi connectivity index (χ3v) is 3.78. The Morgan fingerprint density at radius 3 is 2.35 bits per heavy atom. The number of aromatic carboxylic acids is 1. The molecule has 5 heteroatoms. The lowest BCUT2D eigenvalue weighted by Crippen LogP contribution is -2.48. The minimum atomic E-state index is -0.948. The molecule has 0 saturated heterocycles. The Morgan fingerprint density at radius 1 is 1.20 bits per heavy atom. The third-order valence-electron chi connectivity index (χ3n) is 3.78. The Kier molecular flexibility index (Phi) is 4.27. The number of hydrogen-bond donors (Lipinski definition) is 3. The van der Waals surface area contributed by atoms with Gasteiger partial charge in [-0.3, -0.25) is 0 Å². The van der Waals surface area contributed by atoms with E-state index in [2.05, 4.69) is 17.6 Å². The van der Waals surface area contributed by atoms with Crippen LogP contribution in [0, 0.1) is 0 Å². The Bertz CT molecular complexity index is 490. The van der Waals surface area contributed by atoms with E-state index in [0.717, 1.165) is 31.2 Å². The number of rotatable bonds is 4. The molecule has 1 fully saturated rings. The molecule has 0 spiro atoms. The second-order valence-electron chi connectivity index (χ2n) is 5.58. The van der Waals surface area contributed by atoms with Gasteiger partial charge in [0.1, 0.15) is 0 Å². The fourth-order valence-electron chi connectivity index (χ4n) is 2.55. The fraction of sp³-hybridized carbons (Fsp3) is 0.467. The van der Waals surface area contributed by atoms with Crippen LogP contribution in [0.1, 0.15) is 48.5 Å². The molecule has 0 bridgehead atoms. The molecule has 1 aromatic carbocycles. The molecule has 108 valence electrons. The summed E-state index contributed by atoms with van der Waals surface area (Å²) in [6.07, 6.45) is 4.36. The van der Waals surface area contributed by atoms with E-state index in [4.69, 9.17) is 5.11 Å². The Morgan fingerprint density at radius 2 is 1.80 bits per heavy atom. The lowest BCUT2D eigenvalue weighted by Gasteiger charge is -2.25. The van der Waals surface area contributed by atoms with E-state index in [1.807, 2.05) is 0 Å². The van der Waals surface area contributed by atoms with Gasteiger partial charge in [0.05, 0.1) is 5.56 Å². The number of urea groups is 1. The SMILES string of the molecule is CC1(NC(=O)NCc2ccc(C(=O)O)cc2)CCCC1. The summed E-state index contributed by atoms with van der Waals surface area (Å²) < 4.78 is 0. The summed E-state index contributed by atoms with van der Waals surface area (Å²) in [5.41, 5.74) is 1.04. The van der Waals surface area contributed by atoms with Gasteiger partial charge in [0, 0.05) is 12.1 Å². The van der Waals surface area contributed by atoms with E-state index < -0.39 is 5.97 Å². The smallest absolute Gasteiger partial charge is 0.335 e. The van der Waals surface area contributed by atoms with Gasteiger partial charge < -0.3 is 15.7 Å². The van der Waals surface area contributed by atoms with Gasteiger partial charge in [-0.2, -0.15) is 0 Å². The van der Waals surface area contributed by atoms with Gasteiger partial charge in [-0.05, 0) is 37.5 Å². The number of nitrogens with one attached hydrogen (secondary N) is 2. The van der Waals surface area contributed by atoms with Crippen molar-refractivity contribution in [2.24, 2.45) is 0 Å². The number of carboxylic acid groups (broad SMARTS) is 1. The zero-order chi connectivity index (χ0) is 14.6. The molecule has 0 aromatic heterocycles. The standard InChI is InChI=1S/C15H20N2O3/c1-15(8-2-3-9-15)17-14(20)16-10-11-4-6-12(7-5-11)13(18)19/h4-7H,2-3,8-10H2,1H3,(H,18,19)(H2,16,17,20). The van der Waals surface area contributed by atoms with Crippen LogP contribution in [-0.2, 0) is 6.54 Å². The molecule has 2 amide bonds.